The van der Waals surface area contributed by atoms with Crippen LogP contribution < -0.4 is 10.6 Å². The molecule has 0 saturated carbocycles. The summed E-state index contributed by atoms with van der Waals surface area (Å²) >= 11 is 2.98. The number of pyridine rings is 1. The van der Waals surface area contributed by atoms with Crippen LogP contribution in [-0.4, -0.2) is 21.0 Å². The molecule has 0 atom stereocenters. The molecule has 0 saturated heterocycles. The Labute approximate surface area is 217 Å². The van der Waals surface area contributed by atoms with Crippen molar-refractivity contribution in [1.29, 1.82) is 0 Å². The van der Waals surface area contributed by atoms with Crippen LogP contribution in [0.2, 0.25) is 0 Å². The minimum absolute atomic E-state index is 0.00333. The third-order valence-corrected chi connectivity index (χ3v) is 7.10. The van der Waals surface area contributed by atoms with E-state index in [1.807, 2.05) is 19.9 Å². The molecule has 3 aromatic heterocycles. The summed E-state index contributed by atoms with van der Waals surface area (Å²) in [6.07, 6.45) is 0. The zero-order valence-electron chi connectivity index (χ0n) is 20.4. The fraction of sp³-hybridized carbons (Fsp3) is 0.269. The van der Waals surface area contributed by atoms with Gasteiger partial charge in [-0.2, -0.15) is 11.3 Å². The van der Waals surface area contributed by atoms with Crippen molar-refractivity contribution in [2.24, 2.45) is 0 Å². The molecule has 0 aliphatic rings. The number of nitrogens with zero attached hydrogens (tertiary/aromatic N) is 2. The van der Waals surface area contributed by atoms with Gasteiger partial charge in [0.25, 0.3) is 5.91 Å². The van der Waals surface area contributed by atoms with E-state index >= 15 is 4.39 Å². The van der Waals surface area contributed by atoms with Crippen LogP contribution in [0.5, 0.6) is 0 Å². The van der Waals surface area contributed by atoms with Crippen LogP contribution in [0.4, 0.5) is 21.6 Å². The second-order valence-electron chi connectivity index (χ2n) is 8.75. The highest BCUT2D eigenvalue weighted by molar-refractivity contribution is 7.11. The predicted molar refractivity (Wildman–Crippen MR) is 142 cm³/mol. The second-order valence-corrected chi connectivity index (χ2v) is 10.8. The number of aliphatic hydroxyl groups is 1. The number of thiazole rings is 1. The van der Waals surface area contributed by atoms with E-state index in [1.165, 1.54) is 17.4 Å². The van der Waals surface area contributed by atoms with Gasteiger partial charge in [0.1, 0.15) is 5.82 Å². The van der Waals surface area contributed by atoms with Gasteiger partial charge in [0, 0.05) is 10.9 Å². The molecule has 3 N–H and O–H groups in total. The van der Waals surface area contributed by atoms with Gasteiger partial charge in [-0.1, -0.05) is 12.1 Å². The minimum atomic E-state index is -1.34. The Hall–Kier alpha value is -3.18. The van der Waals surface area contributed by atoms with Gasteiger partial charge in [0.05, 0.1) is 57.0 Å². The SMILES string of the molecule is Cc1nc(C)c(COCc2cccc(Nc3c(C(C)(C)O)ccc(NC(=O)c4ccsc4)c3F)n2)s1. The average Bonchev–Trinajstić information content (AvgIpc) is 3.46. The fourth-order valence-electron chi connectivity index (χ4n) is 3.61. The number of nitrogens with one attached hydrogen (secondary N) is 2. The topological polar surface area (TPSA) is 96.4 Å². The van der Waals surface area contributed by atoms with E-state index in [4.69, 9.17) is 4.74 Å². The number of aryl methyl sites for hydroxylation is 2. The lowest BCUT2D eigenvalue weighted by Gasteiger charge is -2.24. The Balaban J connectivity index is 1.54. The van der Waals surface area contributed by atoms with Gasteiger partial charge in [-0.3, -0.25) is 4.79 Å². The number of carbonyl (C=O) groups is 1. The summed E-state index contributed by atoms with van der Waals surface area (Å²) in [5.74, 6) is -0.731. The molecule has 4 aromatic rings. The quantitative estimate of drug-likeness (QED) is 0.237. The van der Waals surface area contributed by atoms with E-state index in [2.05, 4.69) is 20.6 Å². The molecule has 0 unspecified atom stereocenters. The average molecular weight is 527 g/mol. The number of aromatic nitrogens is 2. The molecule has 3 heterocycles. The highest BCUT2D eigenvalue weighted by atomic mass is 32.1. The van der Waals surface area contributed by atoms with Crippen LogP contribution >= 0.6 is 22.7 Å². The van der Waals surface area contributed by atoms with E-state index in [0.29, 0.717) is 29.2 Å². The summed E-state index contributed by atoms with van der Waals surface area (Å²) in [6.45, 7) is 7.75. The predicted octanol–water partition coefficient (Wildman–Crippen LogP) is 6.30. The molecule has 10 heteroatoms. The van der Waals surface area contributed by atoms with Gasteiger partial charge in [-0.15, -0.1) is 11.3 Å². The Kier molecular flexibility index (Phi) is 7.79. The first-order valence-corrected chi connectivity index (χ1v) is 13.0. The zero-order valence-corrected chi connectivity index (χ0v) is 22.0. The summed E-state index contributed by atoms with van der Waals surface area (Å²) in [4.78, 5) is 22.5. The van der Waals surface area contributed by atoms with Crippen LogP contribution in [-0.2, 0) is 23.6 Å². The Morgan fingerprint density at radius 2 is 1.94 bits per heavy atom. The third-order valence-electron chi connectivity index (χ3n) is 5.38. The van der Waals surface area contributed by atoms with E-state index in [9.17, 15) is 9.90 Å². The van der Waals surface area contributed by atoms with Crippen LogP contribution in [0, 0.1) is 19.7 Å². The van der Waals surface area contributed by atoms with Crippen molar-refractivity contribution in [3.63, 3.8) is 0 Å². The standard InChI is InChI=1S/C26H27FN4O3S2/c1-15-21(36-16(2)28-15)13-34-12-18-6-5-7-22(29-18)31-24-19(26(3,4)33)8-9-20(23(24)27)30-25(32)17-10-11-35-14-17/h5-11,14,33H,12-13H2,1-4H3,(H,29,31)(H,30,32). The molecule has 36 heavy (non-hydrogen) atoms. The zero-order chi connectivity index (χ0) is 25.9. The molecule has 0 bridgehead atoms. The maximum Gasteiger partial charge on any atom is 0.256 e. The van der Waals surface area contributed by atoms with Crippen molar-refractivity contribution >= 4 is 45.8 Å². The molecule has 0 aliphatic carbocycles. The van der Waals surface area contributed by atoms with Crippen molar-refractivity contribution in [1.82, 2.24) is 9.97 Å². The van der Waals surface area contributed by atoms with E-state index in [1.54, 1.807) is 60.2 Å². The molecule has 0 fully saturated rings. The first kappa shape index (κ1) is 25.9. The van der Waals surface area contributed by atoms with E-state index in [0.717, 1.165) is 15.6 Å². The summed E-state index contributed by atoms with van der Waals surface area (Å²) in [5.41, 5.74) is 1.08. The lowest BCUT2D eigenvalue weighted by atomic mass is 9.95. The molecule has 188 valence electrons. The summed E-state index contributed by atoms with van der Waals surface area (Å²) < 4.78 is 21.5. The highest BCUT2D eigenvalue weighted by Gasteiger charge is 2.25. The Bertz CT molecular complexity index is 1360. The van der Waals surface area contributed by atoms with E-state index in [-0.39, 0.29) is 18.0 Å². The van der Waals surface area contributed by atoms with Crippen molar-refractivity contribution < 1.29 is 19.0 Å². The summed E-state index contributed by atoms with van der Waals surface area (Å²) in [6, 6.07) is 10.0. The number of thiophene rings is 1. The van der Waals surface area contributed by atoms with Crippen LogP contribution in [0.15, 0.2) is 47.2 Å². The number of halogens is 1. The Morgan fingerprint density at radius 1 is 1.14 bits per heavy atom. The fourth-order valence-corrected chi connectivity index (χ4v) is 5.12. The minimum Gasteiger partial charge on any atom is -0.386 e. The first-order valence-electron chi connectivity index (χ1n) is 11.2. The van der Waals surface area contributed by atoms with Crippen molar-refractivity contribution in [2.75, 3.05) is 10.6 Å². The number of hydrogen-bond acceptors (Lipinski definition) is 8. The molecule has 4 rings (SSSR count). The van der Waals surface area contributed by atoms with Crippen LogP contribution in [0.25, 0.3) is 0 Å². The summed E-state index contributed by atoms with van der Waals surface area (Å²) in [5, 5.41) is 20.7. The van der Waals surface area contributed by atoms with Crippen molar-refractivity contribution in [3.05, 3.63) is 85.4 Å². The smallest absolute Gasteiger partial charge is 0.256 e. The molecule has 0 aliphatic heterocycles. The maximum absolute atomic E-state index is 15.6. The normalized spacial score (nSPS) is 11.5. The first-order chi connectivity index (χ1) is 17.1. The van der Waals surface area contributed by atoms with Gasteiger partial charge >= 0.3 is 0 Å². The number of benzene rings is 1. The number of carbonyl (C=O) groups excluding carboxylic acids is 1. The highest BCUT2D eigenvalue weighted by Crippen LogP contribution is 2.35. The molecule has 0 spiro atoms. The largest absolute Gasteiger partial charge is 0.386 e. The van der Waals surface area contributed by atoms with Gasteiger partial charge in [0.15, 0.2) is 5.82 Å². The molecule has 7 nitrogen and oxygen atoms in total. The summed E-state index contributed by atoms with van der Waals surface area (Å²) in [7, 11) is 0. The number of rotatable bonds is 9. The van der Waals surface area contributed by atoms with Crippen molar-refractivity contribution in [2.45, 2.75) is 46.5 Å². The maximum atomic E-state index is 15.6. The number of amides is 1. The molecular weight excluding hydrogens is 499 g/mol. The molecule has 1 amide bonds. The lowest BCUT2D eigenvalue weighted by molar-refractivity contribution is 0.0791. The van der Waals surface area contributed by atoms with Gasteiger partial charge in [-0.05, 0) is 57.3 Å². The lowest BCUT2D eigenvalue weighted by Crippen LogP contribution is -2.20. The number of ether oxygens (including phenoxy) is 1. The Morgan fingerprint density at radius 3 is 2.61 bits per heavy atom. The van der Waals surface area contributed by atoms with Gasteiger partial charge < -0.3 is 20.5 Å². The molecule has 0 radical (unpaired) electrons. The third kappa shape index (κ3) is 6.14. The van der Waals surface area contributed by atoms with Gasteiger partial charge in [0.2, 0.25) is 0 Å². The molecular formula is C26H27FN4O3S2. The van der Waals surface area contributed by atoms with Crippen LogP contribution in [0.1, 0.15) is 51.0 Å². The van der Waals surface area contributed by atoms with Crippen LogP contribution in [0.3, 0.4) is 0 Å². The van der Waals surface area contributed by atoms with Crippen molar-refractivity contribution in [3.8, 4) is 0 Å². The number of hydrogen-bond donors (Lipinski definition) is 3. The second kappa shape index (κ2) is 10.8. The number of anilines is 3. The van der Waals surface area contributed by atoms with Gasteiger partial charge in [-0.25, -0.2) is 14.4 Å². The monoisotopic (exact) mass is 526 g/mol. The van der Waals surface area contributed by atoms with E-state index < -0.39 is 17.3 Å². The molecule has 1 aromatic carbocycles.